The molecule has 0 radical (unpaired) electrons. The van der Waals surface area contributed by atoms with Crippen LogP contribution in [0.1, 0.15) is 15.9 Å². The standard InChI is InChI=1S/C13H19N3O4.ClH/c1-10-11(4-3-5-12(10)16(18)19)13(17)15-7-6-14-8-9-20-2;/h3-5,14H,6-9H2,1-2H3,(H,15,17);1H. The zero-order valence-corrected chi connectivity index (χ0v) is 12.9. The SMILES string of the molecule is COCCNCCNC(=O)c1cccc([N+](=O)[O-])c1C.Cl. The molecule has 0 fully saturated rings. The second kappa shape index (κ2) is 10.1. The number of ether oxygens (including phenoxy) is 1. The smallest absolute Gasteiger partial charge is 0.273 e. The van der Waals surface area contributed by atoms with Crippen molar-refractivity contribution in [1.29, 1.82) is 0 Å². The minimum Gasteiger partial charge on any atom is -0.383 e. The maximum absolute atomic E-state index is 11.9. The highest BCUT2D eigenvalue weighted by Crippen LogP contribution is 2.20. The summed E-state index contributed by atoms with van der Waals surface area (Å²) >= 11 is 0. The van der Waals surface area contributed by atoms with Gasteiger partial charge >= 0.3 is 0 Å². The van der Waals surface area contributed by atoms with E-state index in [1.165, 1.54) is 12.1 Å². The maximum atomic E-state index is 11.9. The van der Waals surface area contributed by atoms with Gasteiger partial charge in [0.2, 0.25) is 0 Å². The molecule has 1 rings (SSSR count). The monoisotopic (exact) mass is 317 g/mol. The highest BCUT2D eigenvalue weighted by molar-refractivity contribution is 5.96. The van der Waals surface area contributed by atoms with E-state index < -0.39 is 4.92 Å². The van der Waals surface area contributed by atoms with Crippen molar-refractivity contribution in [2.75, 3.05) is 33.4 Å². The quantitative estimate of drug-likeness (QED) is 0.428. The lowest BCUT2D eigenvalue weighted by Gasteiger charge is -2.08. The molecular formula is C13H20ClN3O4. The van der Waals surface area contributed by atoms with E-state index in [9.17, 15) is 14.9 Å². The number of carbonyl (C=O) groups is 1. The first-order chi connectivity index (χ1) is 9.57. The lowest BCUT2D eigenvalue weighted by Crippen LogP contribution is -2.33. The molecule has 21 heavy (non-hydrogen) atoms. The molecule has 8 heteroatoms. The molecule has 0 aliphatic heterocycles. The number of benzene rings is 1. The molecule has 1 aromatic carbocycles. The molecule has 0 aliphatic rings. The topological polar surface area (TPSA) is 93.5 Å². The number of halogens is 1. The van der Waals surface area contributed by atoms with Crippen LogP contribution in [0.25, 0.3) is 0 Å². The Bertz CT molecular complexity index is 482. The molecule has 0 saturated heterocycles. The van der Waals surface area contributed by atoms with Crippen LogP contribution in [-0.4, -0.2) is 44.2 Å². The van der Waals surface area contributed by atoms with Gasteiger partial charge in [0.25, 0.3) is 11.6 Å². The van der Waals surface area contributed by atoms with E-state index >= 15 is 0 Å². The number of nitrogens with zero attached hydrogens (tertiary/aromatic N) is 1. The van der Waals surface area contributed by atoms with Gasteiger partial charge in [-0.1, -0.05) is 6.07 Å². The van der Waals surface area contributed by atoms with E-state index in [0.717, 1.165) is 0 Å². The minimum absolute atomic E-state index is 0. The number of nitrogens with one attached hydrogen (secondary N) is 2. The summed E-state index contributed by atoms with van der Waals surface area (Å²) in [6.45, 7) is 3.96. The molecule has 0 unspecified atom stereocenters. The van der Waals surface area contributed by atoms with Crippen LogP contribution in [0.3, 0.4) is 0 Å². The molecule has 1 amide bonds. The Kier molecular flexibility index (Phi) is 9.27. The van der Waals surface area contributed by atoms with Crippen molar-refractivity contribution in [2.45, 2.75) is 6.92 Å². The number of nitro groups is 1. The van der Waals surface area contributed by atoms with Crippen molar-refractivity contribution < 1.29 is 14.5 Å². The fraction of sp³-hybridized carbons (Fsp3) is 0.462. The van der Waals surface area contributed by atoms with Gasteiger partial charge in [-0.2, -0.15) is 0 Å². The van der Waals surface area contributed by atoms with E-state index in [-0.39, 0.29) is 24.0 Å². The summed E-state index contributed by atoms with van der Waals surface area (Å²) in [5, 5.41) is 16.6. The largest absolute Gasteiger partial charge is 0.383 e. The lowest BCUT2D eigenvalue weighted by atomic mass is 10.1. The molecule has 0 bridgehead atoms. The molecule has 1 aromatic rings. The van der Waals surface area contributed by atoms with Crippen LogP contribution in [0.15, 0.2) is 18.2 Å². The second-order valence-electron chi connectivity index (χ2n) is 4.21. The van der Waals surface area contributed by atoms with Gasteiger partial charge in [-0.3, -0.25) is 14.9 Å². The van der Waals surface area contributed by atoms with Gasteiger partial charge in [0.05, 0.1) is 11.5 Å². The first-order valence-electron chi connectivity index (χ1n) is 6.29. The van der Waals surface area contributed by atoms with Crippen molar-refractivity contribution in [3.05, 3.63) is 39.4 Å². The van der Waals surface area contributed by atoms with Gasteiger partial charge in [0.15, 0.2) is 0 Å². The second-order valence-corrected chi connectivity index (χ2v) is 4.21. The van der Waals surface area contributed by atoms with E-state index in [0.29, 0.717) is 37.4 Å². The summed E-state index contributed by atoms with van der Waals surface area (Å²) in [6.07, 6.45) is 0. The average molecular weight is 318 g/mol. The van der Waals surface area contributed by atoms with E-state index in [1.54, 1.807) is 20.1 Å². The van der Waals surface area contributed by atoms with Crippen LogP contribution in [0, 0.1) is 17.0 Å². The Morgan fingerprint density at radius 3 is 2.67 bits per heavy atom. The number of hydrogen-bond acceptors (Lipinski definition) is 5. The molecule has 0 saturated carbocycles. The molecule has 0 spiro atoms. The minimum atomic E-state index is -0.488. The summed E-state index contributed by atoms with van der Waals surface area (Å²) < 4.78 is 4.88. The summed E-state index contributed by atoms with van der Waals surface area (Å²) in [7, 11) is 1.62. The van der Waals surface area contributed by atoms with Crippen LogP contribution in [0.5, 0.6) is 0 Å². The molecule has 0 heterocycles. The van der Waals surface area contributed by atoms with Crippen LogP contribution in [0.2, 0.25) is 0 Å². The van der Waals surface area contributed by atoms with Gasteiger partial charge in [0, 0.05) is 43.9 Å². The summed E-state index contributed by atoms with van der Waals surface area (Å²) in [6, 6.07) is 4.48. The van der Waals surface area contributed by atoms with Gasteiger partial charge in [-0.15, -0.1) is 12.4 Å². The number of rotatable bonds is 8. The molecule has 118 valence electrons. The van der Waals surface area contributed by atoms with Gasteiger partial charge < -0.3 is 15.4 Å². The third-order valence-corrected chi connectivity index (χ3v) is 2.82. The Balaban J connectivity index is 0.00000400. The highest BCUT2D eigenvalue weighted by Gasteiger charge is 2.17. The number of carbonyl (C=O) groups excluding carboxylic acids is 1. The van der Waals surface area contributed by atoms with Crippen LogP contribution >= 0.6 is 12.4 Å². The summed E-state index contributed by atoms with van der Waals surface area (Å²) in [5.41, 5.74) is 0.661. The average Bonchev–Trinajstić information content (AvgIpc) is 2.42. The van der Waals surface area contributed by atoms with E-state index in [4.69, 9.17) is 4.74 Å². The molecule has 7 nitrogen and oxygen atoms in total. The summed E-state index contributed by atoms with van der Waals surface area (Å²) in [5.74, 6) is -0.306. The van der Waals surface area contributed by atoms with E-state index in [1.807, 2.05) is 0 Å². The third kappa shape index (κ3) is 6.07. The Labute approximate surface area is 129 Å². The van der Waals surface area contributed by atoms with Gasteiger partial charge in [-0.05, 0) is 13.0 Å². The van der Waals surface area contributed by atoms with Crippen molar-refractivity contribution in [3.8, 4) is 0 Å². The number of methoxy groups -OCH3 is 1. The fourth-order valence-electron chi connectivity index (χ4n) is 1.73. The first-order valence-corrected chi connectivity index (χ1v) is 6.29. The number of nitro benzene ring substituents is 1. The molecule has 2 N–H and O–H groups in total. The van der Waals surface area contributed by atoms with Crippen LogP contribution in [-0.2, 0) is 4.74 Å². The highest BCUT2D eigenvalue weighted by atomic mass is 35.5. The molecule has 0 atom stereocenters. The third-order valence-electron chi connectivity index (χ3n) is 2.82. The number of hydrogen-bond donors (Lipinski definition) is 2. The van der Waals surface area contributed by atoms with Crippen molar-refractivity contribution >= 4 is 24.0 Å². The first kappa shape index (κ1) is 19.3. The summed E-state index contributed by atoms with van der Waals surface area (Å²) in [4.78, 5) is 22.3. The Morgan fingerprint density at radius 2 is 2.05 bits per heavy atom. The predicted molar refractivity (Wildman–Crippen MR) is 82.2 cm³/mol. The van der Waals surface area contributed by atoms with Gasteiger partial charge in [0.1, 0.15) is 0 Å². The van der Waals surface area contributed by atoms with Crippen molar-refractivity contribution in [3.63, 3.8) is 0 Å². The normalized spacial score (nSPS) is 9.81. The van der Waals surface area contributed by atoms with Crippen molar-refractivity contribution in [2.24, 2.45) is 0 Å². The van der Waals surface area contributed by atoms with Crippen molar-refractivity contribution in [1.82, 2.24) is 10.6 Å². The Morgan fingerprint density at radius 1 is 1.33 bits per heavy atom. The maximum Gasteiger partial charge on any atom is 0.273 e. The van der Waals surface area contributed by atoms with Crippen LogP contribution < -0.4 is 10.6 Å². The zero-order valence-electron chi connectivity index (χ0n) is 12.0. The predicted octanol–water partition coefficient (Wildman–Crippen LogP) is 1.29. The van der Waals surface area contributed by atoms with Crippen LogP contribution in [0.4, 0.5) is 5.69 Å². The Hall–Kier alpha value is -1.70. The molecule has 0 aromatic heterocycles. The fourth-order valence-corrected chi connectivity index (χ4v) is 1.73. The lowest BCUT2D eigenvalue weighted by molar-refractivity contribution is -0.385. The number of amides is 1. The molecular weight excluding hydrogens is 298 g/mol. The van der Waals surface area contributed by atoms with Gasteiger partial charge in [-0.25, -0.2) is 0 Å². The zero-order chi connectivity index (χ0) is 15.0. The molecule has 0 aliphatic carbocycles. The van der Waals surface area contributed by atoms with E-state index in [2.05, 4.69) is 10.6 Å².